The predicted octanol–water partition coefficient (Wildman–Crippen LogP) is -0.289. The molecule has 0 bridgehead atoms. The second-order valence-corrected chi connectivity index (χ2v) is 3.32. The Kier molecular flexibility index (Phi) is 2.74. The second-order valence-electron chi connectivity index (χ2n) is 3.32. The number of aromatic nitrogens is 2. The van der Waals surface area contributed by atoms with Gasteiger partial charge in [0.05, 0.1) is 12.8 Å². The molecule has 0 atom stereocenters. The number of rotatable bonds is 4. The third kappa shape index (κ3) is 2.19. The lowest BCUT2D eigenvalue weighted by molar-refractivity contribution is 0.274. The highest BCUT2D eigenvalue weighted by molar-refractivity contribution is 6.33. The number of hydrogen-bond acceptors (Lipinski definition) is 6. The van der Waals surface area contributed by atoms with Gasteiger partial charge < -0.3 is 19.4 Å². The van der Waals surface area contributed by atoms with E-state index in [-0.39, 0.29) is 11.6 Å². The normalized spacial score (nSPS) is 14.9. The highest BCUT2D eigenvalue weighted by Crippen LogP contribution is 2.45. The summed E-state index contributed by atoms with van der Waals surface area (Å²) in [6, 6.07) is 0. The molecule has 1 aliphatic carbocycles. The summed E-state index contributed by atoms with van der Waals surface area (Å²) in [5.41, 5.74) is 0.676. The largest absolute Gasteiger partial charge is 0.707 e. The van der Waals surface area contributed by atoms with Gasteiger partial charge in [-0.2, -0.15) is 4.98 Å². The van der Waals surface area contributed by atoms with Crippen LogP contribution in [-0.4, -0.2) is 34.4 Å². The molecule has 6 nitrogen and oxygen atoms in total. The van der Waals surface area contributed by atoms with E-state index in [1.54, 1.807) is 0 Å². The van der Waals surface area contributed by atoms with Gasteiger partial charge in [0, 0.05) is 5.92 Å². The first-order valence-electron chi connectivity index (χ1n) is 4.64. The monoisotopic (exact) mass is 210 g/mol. The van der Waals surface area contributed by atoms with Gasteiger partial charge in [0.25, 0.3) is 5.88 Å². The summed E-state index contributed by atoms with van der Waals surface area (Å²) in [5.74, 6) is 0.758. The number of hydrogen-bond donors (Lipinski definition) is 2. The molecule has 0 spiro atoms. The van der Waals surface area contributed by atoms with Crippen LogP contribution >= 0.6 is 0 Å². The lowest BCUT2D eigenvalue weighted by Gasteiger charge is -2.11. The van der Waals surface area contributed by atoms with Gasteiger partial charge >= 0.3 is 7.32 Å². The van der Waals surface area contributed by atoms with E-state index in [1.807, 2.05) is 0 Å². The van der Waals surface area contributed by atoms with Crippen molar-refractivity contribution in [3.05, 3.63) is 12.0 Å². The third-order valence-corrected chi connectivity index (χ3v) is 2.18. The van der Waals surface area contributed by atoms with Gasteiger partial charge in [0.15, 0.2) is 5.75 Å². The molecule has 7 heteroatoms. The zero-order valence-corrected chi connectivity index (χ0v) is 8.25. The van der Waals surface area contributed by atoms with Gasteiger partial charge in [-0.3, -0.25) is 0 Å². The van der Waals surface area contributed by atoms with Crippen LogP contribution in [-0.2, 0) is 0 Å². The number of methoxy groups -OCH3 is 1. The molecule has 0 radical (unpaired) electrons. The van der Waals surface area contributed by atoms with Crippen molar-refractivity contribution < 1.29 is 19.4 Å². The van der Waals surface area contributed by atoms with Crippen LogP contribution in [0.15, 0.2) is 6.33 Å². The summed E-state index contributed by atoms with van der Waals surface area (Å²) in [7, 11) is -0.447. The first-order chi connectivity index (χ1) is 7.22. The Morgan fingerprint density at radius 1 is 1.40 bits per heavy atom. The molecule has 1 saturated carbocycles. The molecular weight excluding hydrogens is 199 g/mol. The van der Waals surface area contributed by atoms with Crippen molar-refractivity contribution in [3.8, 4) is 11.6 Å². The van der Waals surface area contributed by atoms with Gasteiger partial charge in [-0.1, -0.05) is 0 Å². The second kappa shape index (κ2) is 4.04. The van der Waals surface area contributed by atoms with Crippen LogP contribution in [0, 0.1) is 0 Å². The van der Waals surface area contributed by atoms with Crippen molar-refractivity contribution in [2.75, 3.05) is 7.11 Å². The fourth-order valence-electron chi connectivity index (χ4n) is 1.38. The Morgan fingerprint density at radius 2 is 2.13 bits per heavy atom. The molecule has 2 rings (SSSR count). The quantitative estimate of drug-likeness (QED) is 0.664. The molecular formula is C8H11BN2O4. The number of ether oxygens (including phenoxy) is 1. The molecule has 0 unspecified atom stereocenters. The summed E-state index contributed by atoms with van der Waals surface area (Å²) in [5, 5.41) is 17.5. The Hall–Kier alpha value is -1.34. The standard InChI is InChI=1S/C8H11BN2O4/c1-14-8-7(15-9(12)13)6(5-2-3-5)10-4-11-8/h4-5,12-13H,2-3H2,1H3. The summed E-state index contributed by atoms with van der Waals surface area (Å²) >= 11 is 0. The minimum absolute atomic E-state index is 0.220. The van der Waals surface area contributed by atoms with Crippen LogP contribution in [0.1, 0.15) is 24.5 Å². The van der Waals surface area contributed by atoms with Crippen molar-refractivity contribution in [1.82, 2.24) is 9.97 Å². The van der Waals surface area contributed by atoms with Crippen LogP contribution < -0.4 is 9.39 Å². The van der Waals surface area contributed by atoms with Gasteiger partial charge in [-0.05, 0) is 12.8 Å². The maximum Gasteiger partial charge on any atom is 0.707 e. The van der Waals surface area contributed by atoms with Gasteiger partial charge in [-0.15, -0.1) is 0 Å². The SMILES string of the molecule is COc1ncnc(C2CC2)c1OB(O)O. The maximum atomic E-state index is 8.77. The van der Waals surface area contributed by atoms with Gasteiger partial charge in [0.2, 0.25) is 0 Å². The van der Waals surface area contributed by atoms with E-state index in [9.17, 15) is 0 Å². The molecule has 15 heavy (non-hydrogen) atoms. The highest BCUT2D eigenvalue weighted by Gasteiger charge is 2.32. The van der Waals surface area contributed by atoms with Crippen molar-refractivity contribution >= 4 is 7.32 Å². The molecule has 1 aromatic rings. The van der Waals surface area contributed by atoms with E-state index >= 15 is 0 Å². The topological polar surface area (TPSA) is 84.7 Å². The highest BCUT2D eigenvalue weighted by atomic mass is 16.6. The molecule has 0 saturated heterocycles. The first kappa shape index (κ1) is 10.2. The van der Waals surface area contributed by atoms with E-state index in [4.69, 9.17) is 19.4 Å². The van der Waals surface area contributed by atoms with Crippen molar-refractivity contribution in [3.63, 3.8) is 0 Å². The molecule has 1 fully saturated rings. The zero-order valence-electron chi connectivity index (χ0n) is 8.25. The fraction of sp³-hybridized carbons (Fsp3) is 0.500. The molecule has 0 aliphatic heterocycles. The molecule has 0 aromatic carbocycles. The van der Waals surface area contributed by atoms with E-state index in [0.717, 1.165) is 12.8 Å². The van der Waals surface area contributed by atoms with Crippen LogP contribution in [0.4, 0.5) is 0 Å². The Balaban J connectivity index is 2.35. The number of nitrogens with zero attached hydrogens (tertiary/aromatic N) is 2. The molecule has 1 aromatic heterocycles. The van der Waals surface area contributed by atoms with E-state index in [2.05, 4.69) is 9.97 Å². The zero-order chi connectivity index (χ0) is 10.8. The average Bonchev–Trinajstić information content (AvgIpc) is 3.01. The summed E-state index contributed by atoms with van der Waals surface area (Å²) in [4.78, 5) is 7.90. The summed E-state index contributed by atoms with van der Waals surface area (Å²) < 4.78 is 9.80. The van der Waals surface area contributed by atoms with Crippen LogP contribution in [0.5, 0.6) is 11.6 Å². The lowest BCUT2D eigenvalue weighted by Crippen LogP contribution is -2.22. The Bertz CT molecular complexity index is 356. The predicted molar refractivity (Wildman–Crippen MR) is 51.4 cm³/mol. The van der Waals surface area contributed by atoms with E-state index < -0.39 is 7.32 Å². The maximum absolute atomic E-state index is 8.77. The van der Waals surface area contributed by atoms with E-state index in [1.165, 1.54) is 13.4 Å². The smallest absolute Gasteiger partial charge is 0.507 e. The lowest BCUT2D eigenvalue weighted by atomic mass is 10.2. The van der Waals surface area contributed by atoms with Crippen LogP contribution in [0.3, 0.4) is 0 Å². The third-order valence-electron chi connectivity index (χ3n) is 2.18. The molecule has 80 valence electrons. The van der Waals surface area contributed by atoms with Crippen molar-refractivity contribution in [2.24, 2.45) is 0 Å². The fourth-order valence-corrected chi connectivity index (χ4v) is 1.38. The van der Waals surface area contributed by atoms with Gasteiger partial charge in [-0.25, -0.2) is 4.98 Å². The Labute approximate surface area is 87.1 Å². The summed E-state index contributed by atoms with van der Waals surface area (Å²) in [6.07, 6.45) is 3.43. The molecule has 0 amide bonds. The van der Waals surface area contributed by atoms with Crippen molar-refractivity contribution in [1.29, 1.82) is 0 Å². The van der Waals surface area contributed by atoms with Crippen LogP contribution in [0.25, 0.3) is 0 Å². The average molecular weight is 210 g/mol. The minimum atomic E-state index is -1.89. The Morgan fingerprint density at radius 3 is 2.67 bits per heavy atom. The van der Waals surface area contributed by atoms with E-state index in [0.29, 0.717) is 11.6 Å². The minimum Gasteiger partial charge on any atom is -0.507 e. The first-order valence-corrected chi connectivity index (χ1v) is 4.64. The summed E-state index contributed by atoms with van der Waals surface area (Å²) in [6.45, 7) is 0. The molecule has 1 heterocycles. The molecule has 1 aliphatic rings. The van der Waals surface area contributed by atoms with Gasteiger partial charge in [0.1, 0.15) is 6.33 Å². The van der Waals surface area contributed by atoms with Crippen molar-refractivity contribution in [2.45, 2.75) is 18.8 Å². The molecule has 2 N–H and O–H groups in total. The van der Waals surface area contributed by atoms with Crippen LogP contribution in [0.2, 0.25) is 0 Å².